The summed E-state index contributed by atoms with van der Waals surface area (Å²) in [6.45, 7) is 1.52. The van der Waals surface area contributed by atoms with Crippen molar-refractivity contribution in [3.05, 3.63) is 5.89 Å². The summed E-state index contributed by atoms with van der Waals surface area (Å²) in [5.74, 6) is -1.10. The molecule has 1 rings (SSSR count). The van der Waals surface area contributed by atoms with Crippen molar-refractivity contribution in [3.63, 3.8) is 0 Å². The van der Waals surface area contributed by atoms with Crippen molar-refractivity contribution < 1.29 is 22.7 Å². The molecular formula is C7H11N3O5S. The highest BCUT2D eigenvalue weighted by molar-refractivity contribution is 7.92. The fourth-order valence-electron chi connectivity index (χ4n) is 0.935. The van der Waals surface area contributed by atoms with Crippen LogP contribution in [0, 0.1) is 6.92 Å². The number of carboxylic acid groups (broad SMARTS) is 1. The van der Waals surface area contributed by atoms with Gasteiger partial charge in [0.15, 0.2) is 0 Å². The van der Waals surface area contributed by atoms with E-state index in [1.165, 1.54) is 6.92 Å². The zero-order chi connectivity index (χ0) is 12.2. The second-order valence-corrected chi connectivity index (χ2v) is 4.89. The van der Waals surface area contributed by atoms with Crippen molar-refractivity contribution in [2.45, 2.75) is 19.8 Å². The van der Waals surface area contributed by atoms with E-state index in [9.17, 15) is 13.2 Å². The fourth-order valence-corrected chi connectivity index (χ4v) is 1.91. The number of hydrogen-bond acceptors (Lipinski definition) is 6. The molecule has 8 nitrogen and oxygen atoms in total. The molecule has 0 aliphatic carbocycles. The van der Waals surface area contributed by atoms with Crippen molar-refractivity contribution in [1.29, 1.82) is 0 Å². The van der Waals surface area contributed by atoms with Crippen LogP contribution in [0.2, 0.25) is 0 Å². The number of carbonyl (C=O) groups is 1. The van der Waals surface area contributed by atoms with Crippen LogP contribution < -0.4 is 4.72 Å². The lowest BCUT2D eigenvalue weighted by atomic mass is 10.3. The molecule has 0 saturated heterocycles. The molecule has 0 radical (unpaired) electrons. The van der Waals surface area contributed by atoms with Crippen LogP contribution in [0.4, 0.5) is 6.01 Å². The van der Waals surface area contributed by atoms with Crippen molar-refractivity contribution in [2.24, 2.45) is 0 Å². The molecule has 1 aromatic rings. The molecule has 0 atom stereocenters. The highest BCUT2D eigenvalue weighted by Crippen LogP contribution is 2.07. The van der Waals surface area contributed by atoms with Gasteiger partial charge in [-0.25, -0.2) is 13.1 Å². The van der Waals surface area contributed by atoms with Gasteiger partial charge in [0.2, 0.25) is 15.9 Å². The van der Waals surface area contributed by atoms with Gasteiger partial charge in [-0.05, 0) is 6.42 Å². The molecule has 0 aliphatic rings. The third-order valence-electron chi connectivity index (χ3n) is 1.57. The van der Waals surface area contributed by atoms with Crippen molar-refractivity contribution >= 4 is 22.0 Å². The van der Waals surface area contributed by atoms with E-state index in [2.05, 4.69) is 14.9 Å². The second kappa shape index (κ2) is 4.92. The second-order valence-electron chi connectivity index (χ2n) is 3.04. The van der Waals surface area contributed by atoms with Crippen LogP contribution in [0.25, 0.3) is 0 Å². The Morgan fingerprint density at radius 2 is 2.19 bits per heavy atom. The smallest absolute Gasteiger partial charge is 0.329 e. The van der Waals surface area contributed by atoms with E-state index < -0.39 is 16.0 Å². The van der Waals surface area contributed by atoms with Gasteiger partial charge in [0.05, 0.1) is 5.75 Å². The van der Waals surface area contributed by atoms with Crippen LogP contribution in [0.3, 0.4) is 0 Å². The zero-order valence-corrected chi connectivity index (χ0v) is 9.32. The lowest BCUT2D eigenvalue weighted by molar-refractivity contribution is -0.137. The van der Waals surface area contributed by atoms with Crippen LogP contribution in [-0.4, -0.2) is 35.4 Å². The molecule has 0 spiro atoms. The van der Waals surface area contributed by atoms with Gasteiger partial charge in [-0.2, -0.15) is 0 Å². The highest BCUT2D eigenvalue weighted by Gasteiger charge is 2.14. The van der Waals surface area contributed by atoms with E-state index >= 15 is 0 Å². The van der Waals surface area contributed by atoms with Gasteiger partial charge in [0, 0.05) is 13.3 Å². The maximum atomic E-state index is 11.4. The summed E-state index contributed by atoms with van der Waals surface area (Å²) in [5.41, 5.74) is 0. The van der Waals surface area contributed by atoms with Gasteiger partial charge in [0.25, 0.3) is 0 Å². The molecule has 9 heteroatoms. The average molecular weight is 249 g/mol. The summed E-state index contributed by atoms with van der Waals surface area (Å²) in [5, 5.41) is 15.2. The molecule has 16 heavy (non-hydrogen) atoms. The molecular weight excluding hydrogens is 238 g/mol. The minimum absolute atomic E-state index is 0.0256. The molecule has 0 bridgehead atoms. The molecule has 0 unspecified atom stereocenters. The summed E-state index contributed by atoms with van der Waals surface area (Å²) in [7, 11) is -3.63. The largest absolute Gasteiger partial charge is 0.481 e. The maximum absolute atomic E-state index is 11.4. The standard InChI is InChI=1S/C7H11N3O5S/c1-5-8-9-7(15-5)10-16(13,14)4-2-3-6(11)12/h2-4H2,1H3,(H,9,10)(H,11,12). The first-order chi connectivity index (χ1) is 7.39. The van der Waals surface area contributed by atoms with Crippen molar-refractivity contribution in [3.8, 4) is 0 Å². The highest BCUT2D eigenvalue weighted by atomic mass is 32.2. The third kappa shape index (κ3) is 4.26. The first-order valence-corrected chi connectivity index (χ1v) is 6.07. The molecule has 90 valence electrons. The zero-order valence-electron chi connectivity index (χ0n) is 8.50. The van der Waals surface area contributed by atoms with E-state index in [-0.39, 0.29) is 30.5 Å². The summed E-state index contributed by atoms with van der Waals surface area (Å²) in [6.07, 6.45) is -0.179. The Morgan fingerprint density at radius 3 is 2.69 bits per heavy atom. The van der Waals surface area contributed by atoms with Crippen LogP contribution in [-0.2, 0) is 14.8 Å². The van der Waals surface area contributed by atoms with Crippen LogP contribution in [0.1, 0.15) is 18.7 Å². The third-order valence-corrected chi connectivity index (χ3v) is 2.88. The summed E-state index contributed by atoms with van der Waals surface area (Å²) in [6, 6.07) is -0.215. The molecule has 1 heterocycles. The summed E-state index contributed by atoms with van der Waals surface area (Å²) >= 11 is 0. The maximum Gasteiger partial charge on any atom is 0.329 e. The van der Waals surface area contributed by atoms with Crippen molar-refractivity contribution in [1.82, 2.24) is 10.2 Å². The Bertz CT molecular complexity index is 466. The van der Waals surface area contributed by atoms with Crippen LogP contribution in [0.5, 0.6) is 0 Å². The number of sulfonamides is 1. The lowest BCUT2D eigenvalue weighted by Gasteiger charge is -2.01. The van der Waals surface area contributed by atoms with E-state index in [0.29, 0.717) is 0 Å². The molecule has 1 aromatic heterocycles. The predicted molar refractivity (Wildman–Crippen MR) is 53.3 cm³/mol. The van der Waals surface area contributed by atoms with Crippen molar-refractivity contribution in [2.75, 3.05) is 10.5 Å². The predicted octanol–water partition coefficient (Wildman–Crippen LogP) is -0.0155. The molecule has 0 aromatic carbocycles. The van der Waals surface area contributed by atoms with Gasteiger partial charge >= 0.3 is 12.0 Å². The number of rotatable bonds is 6. The van der Waals surface area contributed by atoms with E-state index in [4.69, 9.17) is 9.52 Å². The summed E-state index contributed by atoms with van der Waals surface area (Å²) in [4.78, 5) is 10.2. The number of aryl methyl sites for hydroxylation is 1. The first-order valence-electron chi connectivity index (χ1n) is 4.41. The van der Waals surface area contributed by atoms with Gasteiger partial charge in [-0.3, -0.25) is 4.79 Å². The number of carboxylic acids is 1. The van der Waals surface area contributed by atoms with Gasteiger partial charge in [-0.15, -0.1) is 5.10 Å². The van der Waals surface area contributed by atoms with Crippen LogP contribution >= 0.6 is 0 Å². The Morgan fingerprint density at radius 1 is 1.50 bits per heavy atom. The molecule has 0 aliphatic heterocycles. The molecule has 0 saturated carbocycles. The monoisotopic (exact) mass is 249 g/mol. The van der Waals surface area contributed by atoms with E-state index in [1.807, 2.05) is 0 Å². The number of aromatic nitrogens is 2. The molecule has 0 amide bonds. The number of nitrogens with zero attached hydrogens (tertiary/aromatic N) is 2. The quantitative estimate of drug-likeness (QED) is 0.726. The number of aliphatic carboxylic acids is 1. The van der Waals surface area contributed by atoms with Crippen LogP contribution in [0.15, 0.2) is 4.42 Å². The molecule has 2 N–H and O–H groups in total. The Hall–Kier alpha value is -1.64. The normalized spacial score (nSPS) is 11.3. The topological polar surface area (TPSA) is 122 Å². The van der Waals surface area contributed by atoms with Gasteiger partial charge in [0.1, 0.15) is 0 Å². The average Bonchev–Trinajstić information content (AvgIpc) is 2.48. The Balaban J connectivity index is 2.49. The number of anilines is 1. The van der Waals surface area contributed by atoms with Gasteiger partial charge < -0.3 is 9.52 Å². The molecule has 0 fully saturated rings. The SMILES string of the molecule is Cc1nnc(NS(=O)(=O)CCCC(=O)O)o1. The Kier molecular flexibility index (Phi) is 3.82. The number of hydrogen-bond donors (Lipinski definition) is 2. The fraction of sp³-hybridized carbons (Fsp3) is 0.571. The van der Waals surface area contributed by atoms with Gasteiger partial charge in [-0.1, -0.05) is 5.10 Å². The summed E-state index contributed by atoms with van der Waals surface area (Å²) < 4.78 is 29.6. The minimum Gasteiger partial charge on any atom is -0.481 e. The number of nitrogens with one attached hydrogen (secondary N) is 1. The first kappa shape index (κ1) is 12.4. The van der Waals surface area contributed by atoms with E-state index in [0.717, 1.165) is 0 Å². The Labute approximate surface area is 91.7 Å². The lowest BCUT2D eigenvalue weighted by Crippen LogP contribution is -2.17. The van der Waals surface area contributed by atoms with E-state index in [1.54, 1.807) is 0 Å². The minimum atomic E-state index is -3.63.